The average molecular weight is 374 g/mol. The molecule has 2 N–H and O–H groups in total. The Morgan fingerprint density at radius 1 is 1.28 bits per heavy atom. The van der Waals surface area contributed by atoms with Crippen molar-refractivity contribution in [2.75, 3.05) is 19.6 Å². The molecule has 0 radical (unpaired) electrons. The maximum absolute atomic E-state index is 12.6. The summed E-state index contributed by atoms with van der Waals surface area (Å²) < 4.78 is 0. The van der Waals surface area contributed by atoms with Crippen LogP contribution in [0.5, 0.6) is 0 Å². The number of aromatic nitrogens is 1. The number of hydrogen-bond acceptors (Lipinski definition) is 3. The summed E-state index contributed by atoms with van der Waals surface area (Å²) in [5, 5.41) is 6.82. The Balaban J connectivity index is 1.48. The number of H-pyrrole nitrogens is 1. The highest BCUT2D eigenvalue weighted by molar-refractivity contribution is 7.10. The van der Waals surface area contributed by atoms with Gasteiger partial charge in [0.05, 0.1) is 6.04 Å². The van der Waals surface area contributed by atoms with Gasteiger partial charge >= 0.3 is 0 Å². The van der Waals surface area contributed by atoms with E-state index in [-0.39, 0.29) is 11.9 Å². The second-order valence-electron chi connectivity index (χ2n) is 6.40. The molecule has 0 aliphatic carbocycles. The number of hydrogen-bond donors (Lipinski definition) is 2. The molecule has 130 valence electrons. The maximum atomic E-state index is 12.6. The summed E-state index contributed by atoms with van der Waals surface area (Å²) in [4.78, 5) is 19.5. The number of likely N-dealkylation sites (tertiary alicyclic amines) is 1. The molecule has 0 saturated carbocycles. The number of carbonyl (C=O) groups excluding carboxylic acids is 1. The second kappa shape index (κ2) is 7.20. The first-order valence-electron chi connectivity index (χ1n) is 8.54. The van der Waals surface area contributed by atoms with E-state index in [0.29, 0.717) is 17.3 Å². The first-order chi connectivity index (χ1) is 12.2. The van der Waals surface area contributed by atoms with Gasteiger partial charge in [-0.15, -0.1) is 11.3 Å². The van der Waals surface area contributed by atoms with Crippen LogP contribution in [-0.4, -0.2) is 35.4 Å². The summed E-state index contributed by atoms with van der Waals surface area (Å²) in [5.74, 6) is -0.0759. The fourth-order valence-electron chi connectivity index (χ4n) is 3.45. The van der Waals surface area contributed by atoms with Gasteiger partial charge in [-0.05, 0) is 61.6 Å². The molecule has 1 unspecified atom stereocenters. The van der Waals surface area contributed by atoms with Crippen LogP contribution >= 0.6 is 22.9 Å². The maximum Gasteiger partial charge on any atom is 0.267 e. The van der Waals surface area contributed by atoms with E-state index in [1.165, 1.54) is 17.7 Å². The van der Waals surface area contributed by atoms with Crippen LogP contribution < -0.4 is 5.32 Å². The van der Waals surface area contributed by atoms with Crippen LogP contribution in [0.4, 0.5) is 0 Å². The quantitative estimate of drug-likeness (QED) is 0.694. The minimum Gasteiger partial charge on any atom is -0.351 e. The summed E-state index contributed by atoms with van der Waals surface area (Å²) in [6.07, 6.45) is 2.47. The standard InChI is InChI=1S/C19H20ClN3OS/c20-14-5-6-15-13(10-14)11-16(22-15)19(24)21-12-17(18-4-3-9-25-18)23-7-1-2-8-23/h3-6,9-11,17,22H,1-2,7-8,12H2,(H,21,24). The predicted molar refractivity (Wildman–Crippen MR) is 104 cm³/mol. The molecule has 1 fully saturated rings. The fourth-order valence-corrected chi connectivity index (χ4v) is 4.50. The van der Waals surface area contributed by atoms with E-state index >= 15 is 0 Å². The van der Waals surface area contributed by atoms with Crippen LogP contribution in [0.3, 0.4) is 0 Å². The van der Waals surface area contributed by atoms with Crippen LogP contribution in [0, 0.1) is 0 Å². The number of fused-ring (bicyclic) bond motifs is 1. The Morgan fingerprint density at radius 2 is 2.12 bits per heavy atom. The van der Waals surface area contributed by atoms with Crippen molar-refractivity contribution < 1.29 is 4.79 Å². The Kier molecular flexibility index (Phi) is 4.79. The van der Waals surface area contributed by atoms with E-state index in [0.717, 1.165) is 24.0 Å². The molecule has 1 aliphatic heterocycles. The van der Waals surface area contributed by atoms with E-state index in [1.807, 2.05) is 24.3 Å². The van der Waals surface area contributed by atoms with Crippen LogP contribution in [0.15, 0.2) is 41.8 Å². The number of halogens is 1. The van der Waals surface area contributed by atoms with E-state index < -0.39 is 0 Å². The predicted octanol–water partition coefficient (Wildman–Crippen LogP) is 4.45. The van der Waals surface area contributed by atoms with Crippen molar-refractivity contribution in [2.45, 2.75) is 18.9 Å². The van der Waals surface area contributed by atoms with E-state index in [1.54, 1.807) is 11.3 Å². The van der Waals surface area contributed by atoms with Gasteiger partial charge in [-0.25, -0.2) is 0 Å². The van der Waals surface area contributed by atoms with Gasteiger partial charge in [-0.2, -0.15) is 0 Å². The molecular formula is C19H20ClN3OS. The van der Waals surface area contributed by atoms with Crippen molar-refractivity contribution in [3.05, 3.63) is 57.4 Å². The smallest absolute Gasteiger partial charge is 0.267 e. The summed E-state index contributed by atoms with van der Waals surface area (Å²) in [7, 11) is 0. The van der Waals surface area contributed by atoms with Crippen LogP contribution in [0.2, 0.25) is 5.02 Å². The lowest BCUT2D eigenvalue weighted by Crippen LogP contribution is -2.36. The number of amides is 1. The van der Waals surface area contributed by atoms with Crippen molar-refractivity contribution in [1.82, 2.24) is 15.2 Å². The van der Waals surface area contributed by atoms with Crippen molar-refractivity contribution in [3.8, 4) is 0 Å². The average Bonchev–Trinajstić information content (AvgIpc) is 3.36. The van der Waals surface area contributed by atoms with Gasteiger partial charge in [-0.3, -0.25) is 9.69 Å². The topological polar surface area (TPSA) is 48.1 Å². The Hall–Kier alpha value is -1.82. The van der Waals surface area contributed by atoms with Gasteiger partial charge in [0.2, 0.25) is 0 Å². The third-order valence-electron chi connectivity index (χ3n) is 4.74. The lowest BCUT2D eigenvalue weighted by molar-refractivity contribution is 0.0934. The highest BCUT2D eigenvalue weighted by Gasteiger charge is 2.25. The van der Waals surface area contributed by atoms with E-state index in [9.17, 15) is 4.79 Å². The third-order valence-corrected chi connectivity index (χ3v) is 5.95. The van der Waals surface area contributed by atoms with Crippen molar-refractivity contribution in [1.29, 1.82) is 0 Å². The van der Waals surface area contributed by atoms with E-state index in [4.69, 9.17) is 11.6 Å². The third kappa shape index (κ3) is 3.59. The molecule has 3 heterocycles. The van der Waals surface area contributed by atoms with Crippen molar-refractivity contribution >= 4 is 39.7 Å². The molecule has 0 spiro atoms. The number of aromatic amines is 1. The minimum atomic E-state index is -0.0759. The molecule has 0 bridgehead atoms. The summed E-state index contributed by atoms with van der Waals surface area (Å²) >= 11 is 7.78. The Morgan fingerprint density at radius 3 is 2.88 bits per heavy atom. The zero-order valence-corrected chi connectivity index (χ0v) is 15.4. The normalized spacial score (nSPS) is 16.4. The molecule has 1 atom stereocenters. The molecule has 25 heavy (non-hydrogen) atoms. The zero-order chi connectivity index (χ0) is 17.2. The molecule has 1 aliphatic rings. The van der Waals surface area contributed by atoms with Crippen molar-refractivity contribution in [2.24, 2.45) is 0 Å². The molecular weight excluding hydrogens is 354 g/mol. The summed E-state index contributed by atoms with van der Waals surface area (Å²) in [6, 6.07) is 11.9. The highest BCUT2D eigenvalue weighted by atomic mass is 35.5. The SMILES string of the molecule is O=C(NCC(c1cccs1)N1CCCC1)c1cc2cc(Cl)ccc2[nH]1. The van der Waals surface area contributed by atoms with Crippen LogP contribution in [0.1, 0.15) is 34.2 Å². The van der Waals surface area contributed by atoms with E-state index in [2.05, 4.69) is 32.7 Å². The molecule has 3 aromatic rings. The van der Waals surface area contributed by atoms with Gasteiger partial charge in [0.25, 0.3) is 5.91 Å². The number of rotatable bonds is 5. The second-order valence-corrected chi connectivity index (χ2v) is 7.81. The molecule has 1 saturated heterocycles. The highest BCUT2D eigenvalue weighted by Crippen LogP contribution is 2.28. The zero-order valence-electron chi connectivity index (χ0n) is 13.8. The summed E-state index contributed by atoms with van der Waals surface area (Å²) in [6.45, 7) is 2.82. The molecule has 4 nitrogen and oxygen atoms in total. The molecule has 6 heteroatoms. The van der Waals surface area contributed by atoms with Gasteiger partial charge in [-0.1, -0.05) is 17.7 Å². The Labute approximate surface area is 155 Å². The van der Waals surface area contributed by atoms with Gasteiger partial charge < -0.3 is 10.3 Å². The fraction of sp³-hybridized carbons (Fsp3) is 0.316. The minimum absolute atomic E-state index is 0.0759. The Bertz CT molecular complexity index is 868. The van der Waals surface area contributed by atoms with Crippen LogP contribution in [-0.2, 0) is 0 Å². The number of thiophene rings is 1. The number of carbonyl (C=O) groups is 1. The number of benzene rings is 1. The molecule has 1 aromatic carbocycles. The first kappa shape index (κ1) is 16.6. The number of nitrogens with one attached hydrogen (secondary N) is 2. The van der Waals surface area contributed by atoms with Gasteiger partial charge in [0, 0.05) is 27.3 Å². The van der Waals surface area contributed by atoms with Crippen molar-refractivity contribution in [3.63, 3.8) is 0 Å². The van der Waals surface area contributed by atoms with Crippen LogP contribution in [0.25, 0.3) is 10.9 Å². The first-order valence-corrected chi connectivity index (χ1v) is 9.80. The lowest BCUT2D eigenvalue weighted by atomic mass is 10.2. The van der Waals surface area contributed by atoms with Gasteiger partial charge in [0.15, 0.2) is 0 Å². The largest absolute Gasteiger partial charge is 0.351 e. The lowest BCUT2D eigenvalue weighted by Gasteiger charge is -2.26. The number of nitrogens with zero attached hydrogens (tertiary/aromatic N) is 1. The molecule has 2 aromatic heterocycles. The molecule has 1 amide bonds. The molecule has 4 rings (SSSR count). The summed E-state index contributed by atoms with van der Waals surface area (Å²) in [5.41, 5.74) is 1.49. The van der Waals surface area contributed by atoms with Gasteiger partial charge in [0.1, 0.15) is 5.69 Å². The monoisotopic (exact) mass is 373 g/mol.